The van der Waals surface area contributed by atoms with Crippen molar-refractivity contribution in [3.63, 3.8) is 0 Å². The summed E-state index contributed by atoms with van der Waals surface area (Å²) in [5, 5.41) is 9.75. The van der Waals surface area contributed by atoms with E-state index in [1.807, 2.05) is 35.8 Å². The number of aromatic nitrogens is 1. The van der Waals surface area contributed by atoms with Crippen LogP contribution >= 0.6 is 0 Å². The lowest BCUT2D eigenvalue weighted by Gasteiger charge is -2.31. The van der Waals surface area contributed by atoms with Crippen LogP contribution in [-0.4, -0.2) is 42.9 Å². The SMILES string of the molecule is Cc1cc(-c2cc3cc4c(cc3oc2=O)N(CCCC(=O)O)CCC4)cc[n+]1CCCS(=O)(=O)[O-]. The van der Waals surface area contributed by atoms with Crippen molar-refractivity contribution in [2.75, 3.05) is 23.7 Å². The Hall–Kier alpha value is -3.24. The fourth-order valence-electron chi connectivity index (χ4n) is 4.61. The molecule has 9 nitrogen and oxygen atoms in total. The van der Waals surface area contributed by atoms with Crippen molar-refractivity contribution in [1.29, 1.82) is 0 Å². The second kappa shape index (κ2) is 10.2. The molecule has 0 unspecified atom stereocenters. The van der Waals surface area contributed by atoms with E-state index >= 15 is 0 Å². The van der Waals surface area contributed by atoms with E-state index in [1.54, 1.807) is 12.3 Å². The number of carbonyl (C=O) groups is 1. The minimum Gasteiger partial charge on any atom is -0.748 e. The number of fused-ring (bicyclic) bond motifs is 2. The standard InChI is InChI=1S/C25H28N2O7S/c1-17-13-18(7-11-26(17)10-4-12-35(31,32)33)21-15-20-14-19-5-2-8-27(9-3-6-24(28)29)22(19)16-23(20)34-25(21)30/h7,11,13-16H,2-6,8-10,12H2,1H3,(H-,28,29,31,32,33). The second-order valence-corrected chi connectivity index (χ2v) is 10.4. The minimum absolute atomic E-state index is 0.117. The Balaban J connectivity index is 1.60. The van der Waals surface area contributed by atoms with Crippen LogP contribution in [0.5, 0.6) is 0 Å². The van der Waals surface area contributed by atoms with E-state index in [0.717, 1.165) is 41.7 Å². The molecule has 0 atom stereocenters. The van der Waals surface area contributed by atoms with Crippen molar-refractivity contribution in [3.05, 3.63) is 58.2 Å². The van der Waals surface area contributed by atoms with Crippen LogP contribution < -0.4 is 15.1 Å². The summed E-state index contributed by atoms with van der Waals surface area (Å²) in [6, 6.07) is 9.36. The topological polar surface area (TPSA) is 132 Å². The average molecular weight is 501 g/mol. The molecule has 0 aliphatic carbocycles. The molecule has 4 rings (SSSR count). The van der Waals surface area contributed by atoms with Gasteiger partial charge in [0.05, 0.1) is 15.7 Å². The van der Waals surface area contributed by atoms with E-state index in [-0.39, 0.29) is 12.8 Å². The third-order valence-electron chi connectivity index (χ3n) is 6.32. The van der Waals surface area contributed by atoms with Gasteiger partial charge >= 0.3 is 11.6 Å². The third-order valence-corrected chi connectivity index (χ3v) is 7.11. The Bertz CT molecular complexity index is 1430. The highest BCUT2D eigenvalue weighted by molar-refractivity contribution is 7.85. The van der Waals surface area contributed by atoms with E-state index < -0.39 is 27.5 Å². The molecule has 10 heteroatoms. The van der Waals surface area contributed by atoms with E-state index in [1.165, 1.54) is 0 Å². The third kappa shape index (κ3) is 6.07. The highest BCUT2D eigenvalue weighted by Crippen LogP contribution is 2.32. The predicted octanol–water partition coefficient (Wildman–Crippen LogP) is 2.61. The number of anilines is 1. The van der Waals surface area contributed by atoms with Gasteiger partial charge < -0.3 is 19.0 Å². The molecule has 0 amide bonds. The molecule has 0 radical (unpaired) electrons. The number of aliphatic carboxylic acids is 1. The Kier molecular flexibility index (Phi) is 7.23. The summed E-state index contributed by atoms with van der Waals surface area (Å²) in [6.07, 6.45) is 4.53. The summed E-state index contributed by atoms with van der Waals surface area (Å²) in [4.78, 5) is 25.9. The lowest BCUT2D eigenvalue weighted by molar-refractivity contribution is -0.702. The van der Waals surface area contributed by atoms with Crippen molar-refractivity contribution >= 4 is 32.7 Å². The molecule has 1 N–H and O–H groups in total. The Morgan fingerprint density at radius 3 is 2.74 bits per heavy atom. The molecule has 0 saturated heterocycles. The van der Waals surface area contributed by atoms with Gasteiger partial charge in [-0.3, -0.25) is 4.79 Å². The van der Waals surface area contributed by atoms with Gasteiger partial charge in [0, 0.05) is 73.4 Å². The van der Waals surface area contributed by atoms with Gasteiger partial charge in [-0.2, -0.15) is 0 Å². The second-order valence-electron chi connectivity index (χ2n) is 8.92. The number of nitrogens with zero attached hydrogens (tertiary/aromatic N) is 2. The molecule has 0 fully saturated rings. The van der Waals surface area contributed by atoms with Crippen LogP contribution in [0.4, 0.5) is 5.69 Å². The molecule has 1 aromatic carbocycles. The zero-order valence-corrected chi connectivity index (χ0v) is 20.3. The predicted molar refractivity (Wildman–Crippen MR) is 129 cm³/mol. The van der Waals surface area contributed by atoms with Crippen LogP contribution in [0.25, 0.3) is 22.1 Å². The maximum Gasteiger partial charge on any atom is 0.344 e. The van der Waals surface area contributed by atoms with Crippen LogP contribution in [0.15, 0.2) is 45.7 Å². The van der Waals surface area contributed by atoms with Crippen molar-refractivity contribution in [1.82, 2.24) is 0 Å². The summed E-state index contributed by atoms with van der Waals surface area (Å²) in [5.74, 6) is -1.23. The van der Waals surface area contributed by atoms with Crippen molar-refractivity contribution < 1.29 is 31.9 Å². The van der Waals surface area contributed by atoms with E-state index in [9.17, 15) is 22.6 Å². The molecule has 1 aliphatic heterocycles. The fourth-order valence-corrected chi connectivity index (χ4v) is 5.09. The summed E-state index contributed by atoms with van der Waals surface area (Å²) >= 11 is 0. The van der Waals surface area contributed by atoms with E-state index in [2.05, 4.69) is 4.90 Å². The van der Waals surface area contributed by atoms with Gasteiger partial charge in [0.1, 0.15) is 12.1 Å². The van der Waals surface area contributed by atoms with Crippen molar-refractivity contribution in [3.8, 4) is 11.1 Å². The van der Waals surface area contributed by atoms with Gasteiger partial charge in [-0.15, -0.1) is 0 Å². The maximum absolute atomic E-state index is 12.9. The molecule has 0 saturated carbocycles. The van der Waals surface area contributed by atoms with Gasteiger partial charge in [-0.1, -0.05) is 0 Å². The highest BCUT2D eigenvalue weighted by Gasteiger charge is 2.20. The molecule has 186 valence electrons. The van der Waals surface area contributed by atoms with E-state index in [0.29, 0.717) is 36.2 Å². The Morgan fingerprint density at radius 2 is 2.03 bits per heavy atom. The molecule has 1 aliphatic rings. The molecule has 3 aromatic rings. The first-order valence-corrected chi connectivity index (χ1v) is 13.2. The minimum atomic E-state index is -4.25. The van der Waals surface area contributed by atoms with Crippen LogP contribution in [0, 0.1) is 6.92 Å². The molecular weight excluding hydrogens is 472 g/mol. The van der Waals surface area contributed by atoms with Crippen LogP contribution in [0.2, 0.25) is 0 Å². The van der Waals surface area contributed by atoms with E-state index in [4.69, 9.17) is 9.52 Å². The van der Waals surface area contributed by atoms with Crippen LogP contribution in [0.1, 0.15) is 36.9 Å². The first kappa shape index (κ1) is 24.9. The fraction of sp³-hybridized carbons (Fsp3) is 0.400. The molecule has 0 spiro atoms. The Labute approximate surface area is 203 Å². The van der Waals surface area contributed by atoms with Crippen molar-refractivity contribution in [2.24, 2.45) is 0 Å². The monoisotopic (exact) mass is 500 g/mol. The summed E-state index contributed by atoms with van der Waals surface area (Å²) in [6.45, 7) is 3.71. The highest BCUT2D eigenvalue weighted by atomic mass is 32.2. The van der Waals surface area contributed by atoms with Crippen LogP contribution in [0.3, 0.4) is 0 Å². The van der Waals surface area contributed by atoms with Gasteiger partial charge in [-0.25, -0.2) is 17.8 Å². The first-order chi connectivity index (χ1) is 16.6. The number of benzene rings is 1. The zero-order chi connectivity index (χ0) is 25.2. The van der Waals surface area contributed by atoms with Crippen molar-refractivity contribution in [2.45, 2.75) is 45.6 Å². The summed E-state index contributed by atoms with van der Waals surface area (Å²) < 4.78 is 40.0. The number of hydrogen-bond acceptors (Lipinski definition) is 7. The van der Waals surface area contributed by atoms with Gasteiger partial charge in [-0.05, 0) is 37.0 Å². The molecule has 3 heterocycles. The van der Waals surface area contributed by atoms with Gasteiger partial charge in [0.2, 0.25) is 0 Å². The number of aryl methyl sites for hydroxylation is 3. The molecule has 2 aromatic heterocycles. The quantitative estimate of drug-likeness (QED) is 0.269. The smallest absolute Gasteiger partial charge is 0.344 e. The normalized spacial score (nSPS) is 13.7. The molecule has 0 bridgehead atoms. The average Bonchev–Trinajstić information content (AvgIpc) is 2.78. The van der Waals surface area contributed by atoms with Crippen LogP contribution in [-0.2, 0) is 27.9 Å². The lowest BCUT2D eigenvalue weighted by atomic mass is 9.98. The van der Waals surface area contributed by atoms with Gasteiger partial charge in [0.15, 0.2) is 11.9 Å². The first-order valence-electron chi connectivity index (χ1n) is 11.6. The summed E-state index contributed by atoms with van der Waals surface area (Å²) in [7, 11) is -4.25. The number of rotatable bonds is 9. The zero-order valence-electron chi connectivity index (χ0n) is 19.5. The number of hydrogen-bond donors (Lipinski definition) is 1. The number of carboxylic acids is 1. The van der Waals surface area contributed by atoms with Gasteiger partial charge in [0.25, 0.3) is 0 Å². The number of carboxylic acid groups (broad SMARTS) is 1. The maximum atomic E-state index is 12.9. The molecular formula is C25H28N2O7S. The Morgan fingerprint density at radius 1 is 1.23 bits per heavy atom. The molecule has 35 heavy (non-hydrogen) atoms. The summed E-state index contributed by atoms with van der Waals surface area (Å²) in [5.41, 5.74) is 4.12. The number of pyridine rings is 1. The largest absolute Gasteiger partial charge is 0.748 e. The lowest BCUT2D eigenvalue weighted by Crippen LogP contribution is -2.37.